The molecule has 2 aliphatic rings. The summed E-state index contributed by atoms with van der Waals surface area (Å²) in [4.78, 5) is 29.4. The second-order valence-electron chi connectivity index (χ2n) is 8.46. The molecule has 0 aromatic carbocycles. The molecule has 0 bridgehead atoms. The smallest absolute Gasteiger partial charge is 0.271 e. The molecule has 0 saturated heterocycles. The average molecular weight is 399 g/mol. The van der Waals surface area contributed by atoms with Crippen LogP contribution in [0.15, 0.2) is 18.7 Å². The molecule has 0 aliphatic heterocycles. The molecule has 29 heavy (non-hydrogen) atoms. The van der Waals surface area contributed by atoms with Gasteiger partial charge in [0.1, 0.15) is 5.69 Å². The van der Waals surface area contributed by atoms with E-state index in [-0.39, 0.29) is 23.9 Å². The van der Waals surface area contributed by atoms with Gasteiger partial charge in [-0.05, 0) is 38.5 Å². The van der Waals surface area contributed by atoms with Crippen LogP contribution in [-0.4, -0.2) is 43.6 Å². The van der Waals surface area contributed by atoms with Crippen molar-refractivity contribution in [1.29, 1.82) is 0 Å². The van der Waals surface area contributed by atoms with Gasteiger partial charge in [-0.15, -0.1) is 0 Å². The highest BCUT2D eigenvalue weighted by molar-refractivity contribution is 5.95. The van der Waals surface area contributed by atoms with E-state index in [9.17, 15) is 9.59 Å². The Hall–Kier alpha value is -2.64. The Balaban J connectivity index is 1.34. The van der Waals surface area contributed by atoms with Crippen LogP contribution in [0.25, 0.3) is 0 Å². The van der Waals surface area contributed by atoms with Crippen LogP contribution in [0.1, 0.15) is 90.2 Å². The fourth-order valence-corrected chi connectivity index (χ4v) is 4.68. The molecule has 8 heteroatoms. The Labute approximate surface area is 170 Å². The third-order valence-electron chi connectivity index (χ3n) is 6.21. The van der Waals surface area contributed by atoms with E-state index in [2.05, 4.69) is 25.8 Å². The monoisotopic (exact) mass is 398 g/mol. The van der Waals surface area contributed by atoms with E-state index in [4.69, 9.17) is 0 Å². The molecule has 4 rings (SSSR count). The number of carbonyl (C=O) groups excluding carboxylic acids is 2. The van der Waals surface area contributed by atoms with E-state index in [1.807, 2.05) is 7.05 Å². The number of aromatic amines is 1. The zero-order valence-electron chi connectivity index (χ0n) is 17.0. The second kappa shape index (κ2) is 8.80. The highest BCUT2D eigenvalue weighted by atomic mass is 16.2. The maximum absolute atomic E-state index is 12.9. The molecule has 2 fully saturated rings. The summed E-state index contributed by atoms with van der Waals surface area (Å²) in [5.74, 6) is 0.196. The first-order valence-corrected chi connectivity index (χ1v) is 10.7. The van der Waals surface area contributed by atoms with Crippen molar-refractivity contribution in [2.24, 2.45) is 7.05 Å². The van der Waals surface area contributed by atoms with Crippen molar-refractivity contribution < 1.29 is 9.59 Å². The molecule has 0 spiro atoms. The van der Waals surface area contributed by atoms with Crippen molar-refractivity contribution >= 4 is 11.8 Å². The largest absolute Gasteiger partial charge is 0.349 e. The van der Waals surface area contributed by atoms with Crippen LogP contribution >= 0.6 is 0 Å². The number of rotatable bonds is 5. The molecule has 3 N–H and O–H groups in total. The predicted octanol–water partition coefficient (Wildman–Crippen LogP) is 2.66. The van der Waals surface area contributed by atoms with E-state index in [1.54, 1.807) is 23.3 Å². The van der Waals surface area contributed by atoms with Gasteiger partial charge < -0.3 is 15.2 Å². The van der Waals surface area contributed by atoms with Gasteiger partial charge in [0, 0.05) is 31.2 Å². The number of nitrogens with one attached hydrogen (secondary N) is 3. The van der Waals surface area contributed by atoms with E-state index in [0.29, 0.717) is 17.2 Å². The Morgan fingerprint density at radius 1 is 1.03 bits per heavy atom. The van der Waals surface area contributed by atoms with Crippen LogP contribution in [0.2, 0.25) is 0 Å². The third-order valence-corrected chi connectivity index (χ3v) is 6.21. The van der Waals surface area contributed by atoms with E-state index >= 15 is 0 Å². The van der Waals surface area contributed by atoms with Crippen LogP contribution in [0.5, 0.6) is 0 Å². The van der Waals surface area contributed by atoms with Crippen LogP contribution in [-0.2, 0) is 7.05 Å². The lowest BCUT2D eigenvalue weighted by Crippen LogP contribution is -2.46. The van der Waals surface area contributed by atoms with Gasteiger partial charge in [-0.2, -0.15) is 5.10 Å². The normalized spacial score (nSPS) is 22.9. The number of amides is 2. The summed E-state index contributed by atoms with van der Waals surface area (Å²) in [7, 11) is 1.84. The summed E-state index contributed by atoms with van der Waals surface area (Å²) < 4.78 is 1.76. The lowest BCUT2D eigenvalue weighted by atomic mass is 9.85. The van der Waals surface area contributed by atoms with Gasteiger partial charge in [0.25, 0.3) is 11.8 Å². The SMILES string of the molecule is Cn1cnc(C(=O)N[C@@H]2CCC[C@@H](NC(=O)c3cn[nH]c3C3CCCCC3)C2)c1. The highest BCUT2D eigenvalue weighted by Gasteiger charge is 2.28. The van der Waals surface area contributed by atoms with Gasteiger partial charge >= 0.3 is 0 Å². The van der Waals surface area contributed by atoms with Gasteiger partial charge in [-0.3, -0.25) is 14.7 Å². The van der Waals surface area contributed by atoms with Crippen LogP contribution in [0.3, 0.4) is 0 Å². The number of hydrogen-bond acceptors (Lipinski definition) is 4. The summed E-state index contributed by atoms with van der Waals surface area (Å²) >= 11 is 0. The average Bonchev–Trinajstić information content (AvgIpc) is 3.38. The fraction of sp³-hybridized carbons (Fsp3) is 0.619. The van der Waals surface area contributed by atoms with Crippen LogP contribution in [0, 0.1) is 0 Å². The molecule has 2 atom stereocenters. The quantitative estimate of drug-likeness (QED) is 0.720. The number of aryl methyl sites for hydroxylation is 1. The number of imidazole rings is 1. The minimum atomic E-state index is -0.156. The number of nitrogens with zero attached hydrogens (tertiary/aromatic N) is 3. The van der Waals surface area contributed by atoms with Crippen molar-refractivity contribution in [1.82, 2.24) is 30.4 Å². The Morgan fingerprint density at radius 2 is 1.76 bits per heavy atom. The van der Waals surface area contributed by atoms with Gasteiger partial charge in [-0.25, -0.2) is 4.98 Å². The van der Waals surface area contributed by atoms with Crippen LogP contribution in [0.4, 0.5) is 0 Å². The van der Waals surface area contributed by atoms with E-state index in [0.717, 1.165) is 44.2 Å². The first-order chi connectivity index (χ1) is 14.1. The van der Waals surface area contributed by atoms with Gasteiger partial charge in [0.05, 0.1) is 23.8 Å². The molecule has 2 aliphatic carbocycles. The topological polar surface area (TPSA) is 105 Å². The molecule has 0 radical (unpaired) electrons. The summed E-state index contributed by atoms with van der Waals surface area (Å²) in [6.07, 6.45) is 14.5. The van der Waals surface area contributed by atoms with Crippen molar-refractivity contribution in [2.75, 3.05) is 0 Å². The Bertz CT molecular complexity index is 851. The molecular formula is C21H30N6O2. The highest BCUT2D eigenvalue weighted by Crippen LogP contribution is 2.33. The molecule has 0 unspecified atom stereocenters. The minimum absolute atomic E-state index is 0.0470. The van der Waals surface area contributed by atoms with Crippen molar-refractivity contribution in [2.45, 2.75) is 75.8 Å². The molecule has 2 saturated carbocycles. The second-order valence-corrected chi connectivity index (χ2v) is 8.46. The van der Waals surface area contributed by atoms with Gasteiger partial charge in [0.2, 0.25) is 0 Å². The summed E-state index contributed by atoms with van der Waals surface area (Å²) in [5.41, 5.74) is 2.09. The van der Waals surface area contributed by atoms with Crippen molar-refractivity contribution in [3.8, 4) is 0 Å². The van der Waals surface area contributed by atoms with Gasteiger partial charge in [0.15, 0.2) is 0 Å². The van der Waals surface area contributed by atoms with E-state index in [1.165, 1.54) is 19.3 Å². The summed E-state index contributed by atoms with van der Waals surface area (Å²) in [6.45, 7) is 0. The molecule has 8 nitrogen and oxygen atoms in total. The zero-order chi connectivity index (χ0) is 20.2. The molecule has 156 valence electrons. The molecule has 2 heterocycles. The number of carbonyl (C=O) groups is 2. The Kier molecular flexibility index (Phi) is 5.97. The van der Waals surface area contributed by atoms with Crippen LogP contribution < -0.4 is 10.6 Å². The van der Waals surface area contributed by atoms with E-state index < -0.39 is 0 Å². The first-order valence-electron chi connectivity index (χ1n) is 10.7. The summed E-state index contributed by atoms with van der Waals surface area (Å²) in [6, 6.07) is 0.102. The molecule has 2 aromatic heterocycles. The van der Waals surface area contributed by atoms with Crippen molar-refractivity contribution in [3.05, 3.63) is 35.7 Å². The number of hydrogen-bond donors (Lipinski definition) is 3. The van der Waals surface area contributed by atoms with Gasteiger partial charge in [-0.1, -0.05) is 19.3 Å². The maximum Gasteiger partial charge on any atom is 0.271 e. The lowest BCUT2D eigenvalue weighted by Gasteiger charge is -2.30. The molecule has 2 amide bonds. The zero-order valence-corrected chi connectivity index (χ0v) is 17.0. The standard InChI is InChI=1S/C21H30N6O2/c1-27-12-18(22-13-27)21(29)25-16-9-5-8-15(10-16)24-20(28)17-11-23-26-19(17)14-6-3-2-4-7-14/h11-16H,2-10H2,1H3,(H,23,26)(H,24,28)(H,25,29)/t15-,16-/m1/s1. The maximum atomic E-state index is 12.9. The molecule has 2 aromatic rings. The third kappa shape index (κ3) is 4.68. The molecular weight excluding hydrogens is 368 g/mol. The predicted molar refractivity (Wildman–Crippen MR) is 109 cm³/mol. The lowest BCUT2D eigenvalue weighted by molar-refractivity contribution is 0.0899. The number of aromatic nitrogens is 4. The summed E-state index contributed by atoms with van der Waals surface area (Å²) in [5, 5.41) is 13.5. The first kappa shape index (κ1) is 19.7. The fourth-order valence-electron chi connectivity index (χ4n) is 4.68. The Morgan fingerprint density at radius 3 is 2.45 bits per heavy atom. The minimum Gasteiger partial charge on any atom is -0.349 e. The van der Waals surface area contributed by atoms with Crippen molar-refractivity contribution in [3.63, 3.8) is 0 Å². The number of H-pyrrole nitrogens is 1.